The summed E-state index contributed by atoms with van der Waals surface area (Å²) >= 11 is 0. The quantitative estimate of drug-likeness (QED) is 0.142. The van der Waals surface area contributed by atoms with Crippen molar-refractivity contribution < 1.29 is 0 Å². The van der Waals surface area contributed by atoms with Gasteiger partial charge in [-0.3, -0.25) is 0 Å². The summed E-state index contributed by atoms with van der Waals surface area (Å²) in [5.74, 6) is 0. The van der Waals surface area contributed by atoms with Crippen molar-refractivity contribution in [3.05, 3.63) is 313 Å². The van der Waals surface area contributed by atoms with E-state index in [4.69, 9.17) is 0 Å². The Hall–Kier alpha value is -9.50. The van der Waals surface area contributed by atoms with E-state index in [-0.39, 0.29) is 0 Å². The van der Waals surface area contributed by atoms with Gasteiger partial charge >= 0.3 is 0 Å². The number of fused-ring (bicyclic) bond motifs is 7. The van der Waals surface area contributed by atoms with E-state index in [0.29, 0.717) is 0 Å². The summed E-state index contributed by atoms with van der Waals surface area (Å²) in [4.78, 5) is 4.91. The minimum absolute atomic E-state index is 0.524. The smallest absolute Gasteiger partial charge is 0.0714 e. The van der Waals surface area contributed by atoms with Crippen LogP contribution in [0.25, 0.3) is 65.3 Å². The second-order valence-electron chi connectivity index (χ2n) is 19.2. The van der Waals surface area contributed by atoms with Crippen molar-refractivity contribution in [2.75, 3.05) is 9.80 Å². The van der Waals surface area contributed by atoms with Crippen LogP contribution in [-0.2, 0) is 5.41 Å². The van der Waals surface area contributed by atoms with Gasteiger partial charge in [-0.2, -0.15) is 0 Å². The first-order valence-corrected chi connectivity index (χ1v) is 25.2. The molecule has 0 bridgehead atoms. The van der Waals surface area contributed by atoms with Gasteiger partial charge in [0.2, 0.25) is 0 Å². The number of nitrogens with zero attached hydrogens (tertiary/aromatic N) is 2. The summed E-state index contributed by atoms with van der Waals surface area (Å²) in [5, 5.41) is 9.62. The van der Waals surface area contributed by atoms with Crippen LogP contribution < -0.4 is 9.80 Å². The zero-order valence-electron chi connectivity index (χ0n) is 40.1. The fourth-order valence-corrected chi connectivity index (χ4v) is 12.0. The van der Waals surface area contributed by atoms with Crippen LogP contribution in [0.2, 0.25) is 0 Å². The van der Waals surface area contributed by atoms with Gasteiger partial charge in [0.05, 0.1) is 22.5 Å². The highest BCUT2D eigenvalue weighted by Gasteiger charge is 2.46. The Labute approximate surface area is 425 Å². The highest BCUT2D eigenvalue weighted by Crippen LogP contribution is 2.57. The van der Waals surface area contributed by atoms with Gasteiger partial charge in [-0.1, -0.05) is 237 Å². The van der Waals surface area contributed by atoms with Crippen molar-refractivity contribution in [1.82, 2.24) is 0 Å². The molecule has 14 rings (SSSR count). The first-order valence-electron chi connectivity index (χ1n) is 25.2. The molecule has 0 aromatic heterocycles. The number of hydrogen-bond acceptors (Lipinski definition) is 2. The van der Waals surface area contributed by atoms with E-state index in [9.17, 15) is 0 Å². The van der Waals surface area contributed by atoms with Gasteiger partial charge in [0.25, 0.3) is 0 Å². The van der Waals surface area contributed by atoms with Gasteiger partial charge in [0.15, 0.2) is 0 Å². The van der Waals surface area contributed by atoms with Crippen molar-refractivity contribution in [3.63, 3.8) is 0 Å². The average molecular weight is 929 g/mol. The molecule has 2 heteroatoms. The Bertz CT molecular complexity index is 4170. The Balaban J connectivity index is 0.933. The maximum atomic E-state index is 2.47. The second kappa shape index (κ2) is 17.4. The second-order valence-corrected chi connectivity index (χ2v) is 19.2. The molecule has 0 spiro atoms. The van der Waals surface area contributed by atoms with Crippen molar-refractivity contribution in [1.29, 1.82) is 0 Å². The highest BCUT2D eigenvalue weighted by molar-refractivity contribution is 6.10. The molecule has 342 valence electrons. The molecule has 73 heavy (non-hydrogen) atoms. The van der Waals surface area contributed by atoms with Gasteiger partial charge in [0, 0.05) is 33.2 Å². The Morgan fingerprint density at radius 1 is 0.233 bits per heavy atom. The molecular formula is C71H48N2. The van der Waals surface area contributed by atoms with E-state index in [1.54, 1.807) is 0 Å². The summed E-state index contributed by atoms with van der Waals surface area (Å²) in [6, 6.07) is 107. The minimum Gasteiger partial charge on any atom is -0.310 e. The van der Waals surface area contributed by atoms with E-state index in [1.807, 2.05) is 0 Å². The third-order valence-corrected chi connectivity index (χ3v) is 15.3. The van der Waals surface area contributed by atoms with E-state index in [1.165, 1.54) is 82.0 Å². The summed E-state index contributed by atoms with van der Waals surface area (Å²) in [7, 11) is 0. The zero-order valence-corrected chi connectivity index (χ0v) is 40.1. The van der Waals surface area contributed by atoms with Crippen molar-refractivity contribution in [3.8, 4) is 22.3 Å². The van der Waals surface area contributed by atoms with Crippen LogP contribution in [0.15, 0.2) is 291 Å². The molecule has 0 atom stereocenters. The lowest BCUT2D eigenvalue weighted by molar-refractivity contribution is 0.768. The molecule has 0 radical (unpaired) electrons. The molecule has 0 aliphatic heterocycles. The molecule has 13 aromatic carbocycles. The largest absolute Gasteiger partial charge is 0.310 e. The normalized spacial score (nSPS) is 12.5. The fraction of sp³-hybridized carbons (Fsp3) is 0.0141. The van der Waals surface area contributed by atoms with Gasteiger partial charge in [-0.25, -0.2) is 0 Å². The van der Waals surface area contributed by atoms with Gasteiger partial charge in [-0.15, -0.1) is 0 Å². The van der Waals surface area contributed by atoms with E-state index in [0.717, 1.165) is 39.7 Å². The lowest BCUT2D eigenvalue weighted by Gasteiger charge is -2.35. The molecule has 2 nitrogen and oxygen atoms in total. The highest BCUT2D eigenvalue weighted by atomic mass is 15.2. The number of hydrogen-bond donors (Lipinski definition) is 0. The van der Waals surface area contributed by atoms with Crippen LogP contribution >= 0.6 is 0 Å². The van der Waals surface area contributed by atoms with Gasteiger partial charge in [-0.05, 0) is 126 Å². The first-order chi connectivity index (χ1) is 36.2. The molecule has 0 fully saturated rings. The molecule has 1 aliphatic carbocycles. The van der Waals surface area contributed by atoms with Crippen LogP contribution in [0.1, 0.15) is 22.3 Å². The van der Waals surface area contributed by atoms with Crippen molar-refractivity contribution >= 4 is 77.2 Å². The zero-order chi connectivity index (χ0) is 48.3. The maximum Gasteiger partial charge on any atom is 0.0714 e. The van der Waals surface area contributed by atoms with Crippen LogP contribution in [0.4, 0.5) is 34.1 Å². The fourth-order valence-electron chi connectivity index (χ4n) is 12.0. The SMILES string of the molecule is c1ccc(C2(c3ccccc3)c3ccccc3-c3ccc(N(c4ccc(-c5ccc(N(c6ccc7ccccc7c6)c6cccc7ccccc67)c6ccccc56)cc4)c4cccc5ccccc45)cc32)cc1. The van der Waals surface area contributed by atoms with Gasteiger partial charge < -0.3 is 9.80 Å². The summed E-state index contributed by atoms with van der Waals surface area (Å²) < 4.78 is 0. The van der Waals surface area contributed by atoms with Crippen LogP contribution in [0.3, 0.4) is 0 Å². The molecule has 0 heterocycles. The first kappa shape index (κ1) is 42.4. The molecular weight excluding hydrogens is 881 g/mol. The lowest BCUT2D eigenvalue weighted by atomic mass is 9.67. The maximum absolute atomic E-state index is 2.47. The predicted molar refractivity (Wildman–Crippen MR) is 309 cm³/mol. The van der Waals surface area contributed by atoms with Gasteiger partial charge in [0.1, 0.15) is 0 Å². The molecule has 0 saturated heterocycles. The third kappa shape index (κ3) is 6.87. The van der Waals surface area contributed by atoms with Crippen LogP contribution in [0.5, 0.6) is 0 Å². The summed E-state index contributed by atoms with van der Waals surface area (Å²) in [6.07, 6.45) is 0. The molecule has 0 saturated carbocycles. The monoisotopic (exact) mass is 928 g/mol. The topological polar surface area (TPSA) is 6.48 Å². The van der Waals surface area contributed by atoms with E-state index >= 15 is 0 Å². The van der Waals surface area contributed by atoms with Crippen molar-refractivity contribution in [2.24, 2.45) is 0 Å². The minimum atomic E-state index is -0.524. The molecule has 0 N–H and O–H groups in total. The Kier molecular flexibility index (Phi) is 10.1. The van der Waals surface area contributed by atoms with E-state index < -0.39 is 5.41 Å². The third-order valence-electron chi connectivity index (χ3n) is 15.3. The number of benzene rings is 13. The molecule has 0 unspecified atom stereocenters. The van der Waals surface area contributed by atoms with Crippen molar-refractivity contribution in [2.45, 2.75) is 5.41 Å². The Morgan fingerprint density at radius 3 is 1.38 bits per heavy atom. The lowest BCUT2D eigenvalue weighted by Crippen LogP contribution is -2.28. The molecule has 13 aromatic rings. The van der Waals surface area contributed by atoms with Crippen LogP contribution in [0, 0.1) is 0 Å². The van der Waals surface area contributed by atoms with E-state index in [2.05, 4.69) is 301 Å². The molecule has 1 aliphatic rings. The summed E-state index contributed by atoms with van der Waals surface area (Å²) in [6.45, 7) is 0. The predicted octanol–water partition coefficient (Wildman–Crippen LogP) is 19.3. The Morgan fingerprint density at radius 2 is 0.699 bits per heavy atom. The summed E-state index contributed by atoms with van der Waals surface area (Å²) in [5.41, 5.74) is 16.1. The number of rotatable bonds is 9. The molecule has 0 amide bonds. The van der Waals surface area contributed by atoms with Crippen LogP contribution in [-0.4, -0.2) is 0 Å². The average Bonchev–Trinajstić information content (AvgIpc) is 3.77. The number of anilines is 6. The standard InChI is InChI=1S/C71H48N2/c1-3-25-54(26-4-1)71(55-27-5-2-6-28-55)66-34-16-15-32-63(66)64-44-43-58(48-67(64)71)72(68-35-17-23-50-20-9-11-29-60(50)68)56-40-38-52(39-41-56)59-45-46-70(65-33-14-13-31-62(59)65)73(57-42-37-49-19-7-8-22-53(49)47-57)69-36-18-24-51-21-10-12-30-61(51)69/h1-48H.